The number of aromatic nitrogens is 2. The molecule has 1 saturated carbocycles. The summed E-state index contributed by atoms with van der Waals surface area (Å²) in [6.45, 7) is 3.18. The number of aldehydes is 1. The van der Waals surface area contributed by atoms with Crippen molar-refractivity contribution in [1.82, 2.24) is 9.38 Å². The van der Waals surface area contributed by atoms with Gasteiger partial charge in [-0.2, -0.15) is 0 Å². The van der Waals surface area contributed by atoms with E-state index >= 15 is 0 Å². The summed E-state index contributed by atoms with van der Waals surface area (Å²) in [6, 6.07) is 6.41. The molecule has 2 heterocycles. The highest BCUT2D eigenvalue weighted by atomic mass is 16.1. The summed E-state index contributed by atoms with van der Waals surface area (Å²) in [5.41, 5.74) is 1.53. The highest BCUT2D eigenvalue weighted by Crippen LogP contribution is 2.33. The summed E-state index contributed by atoms with van der Waals surface area (Å²) < 4.78 is 1.88. The molecule has 0 atom stereocenters. The topological polar surface area (TPSA) is 37.6 Å². The lowest BCUT2D eigenvalue weighted by molar-refractivity contribution is 0.111. The molecule has 0 bridgehead atoms. The molecule has 1 aliphatic rings. The maximum absolute atomic E-state index is 11.4. The maximum Gasteiger partial charge on any atom is 0.170 e. The predicted molar refractivity (Wildman–Crippen MR) is 75.9 cm³/mol. The molecule has 2 aromatic heterocycles. The Morgan fingerprint density at radius 2 is 2.32 bits per heavy atom. The van der Waals surface area contributed by atoms with Crippen LogP contribution in [0.4, 0.5) is 5.82 Å². The van der Waals surface area contributed by atoms with Crippen molar-refractivity contribution < 1.29 is 4.79 Å². The van der Waals surface area contributed by atoms with Gasteiger partial charge in [0, 0.05) is 18.8 Å². The van der Waals surface area contributed by atoms with Crippen molar-refractivity contribution in [3.8, 4) is 0 Å². The third-order valence-electron chi connectivity index (χ3n) is 3.67. The van der Waals surface area contributed by atoms with Gasteiger partial charge in [0.2, 0.25) is 0 Å². The molecule has 0 aromatic carbocycles. The van der Waals surface area contributed by atoms with Crippen LogP contribution in [0.3, 0.4) is 0 Å². The molecule has 4 heteroatoms. The number of fused-ring (bicyclic) bond motifs is 1. The smallest absolute Gasteiger partial charge is 0.170 e. The van der Waals surface area contributed by atoms with Gasteiger partial charge in [-0.3, -0.25) is 9.20 Å². The van der Waals surface area contributed by atoms with Crippen LogP contribution in [-0.4, -0.2) is 28.3 Å². The maximum atomic E-state index is 11.4. The summed E-state index contributed by atoms with van der Waals surface area (Å²) in [5.74, 6) is 0.858. The largest absolute Gasteiger partial charge is 0.352 e. The number of hydrogen-bond donors (Lipinski definition) is 0. The average molecular weight is 257 g/mol. The highest BCUT2D eigenvalue weighted by molar-refractivity contribution is 5.83. The van der Waals surface area contributed by atoms with Crippen molar-refractivity contribution in [1.29, 1.82) is 0 Å². The van der Waals surface area contributed by atoms with Gasteiger partial charge < -0.3 is 4.90 Å². The Morgan fingerprint density at radius 1 is 1.47 bits per heavy atom. The van der Waals surface area contributed by atoms with E-state index < -0.39 is 0 Å². The van der Waals surface area contributed by atoms with Crippen molar-refractivity contribution in [2.45, 2.75) is 38.6 Å². The summed E-state index contributed by atoms with van der Waals surface area (Å²) >= 11 is 0. The van der Waals surface area contributed by atoms with Gasteiger partial charge in [-0.25, -0.2) is 4.98 Å². The summed E-state index contributed by atoms with van der Waals surface area (Å²) in [4.78, 5) is 18.4. The highest BCUT2D eigenvalue weighted by Gasteiger charge is 2.32. The van der Waals surface area contributed by atoms with Crippen LogP contribution in [0.5, 0.6) is 0 Å². The normalized spacial score (nSPS) is 14.8. The molecular weight excluding hydrogens is 238 g/mol. The van der Waals surface area contributed by atoms with Crippen LogP contribution in [-0.2, 0) is 0 Å². The number of unbranched alkanes of at least 4 members (excludes halogenated alkanes) is 1. The first-order valence-corrected chi connectivity index (χ1v) is 7.04. The summed E-state index contributed by atoms with van der Waals surface area (Å²) in [5, 5.41) is 0. The molecule has 0 saturated heterocycles. The van der Waals surface area contributed by atoms with E-state index in [1.807, 2.05) is 28.8 Å². The second-order valence-corrected chi connectivity index (χ2v) is 5.15. The van der Waals surface area contributed by atoms with Crippen LogP contribution in [0.25, 0.3) is 5.65 Å². The van der Waals surface area contributed by atoms with Crippen LogP contribution >= 0.6 is 0 Å². The molecular formula is C15H19N3O. The third-order valence-corrected chi connectivity index (χ3v) is 3.67. The fraction of sp³-hybridized carbons (Fsp3) is 0.467. The van der Waals surface area contributed by atoms with Crippen molar-refractivity contribution >= 4 is 17.8 Å². The Balaban J connectivity index is 2.03. The van der Waals surface area contributed by atoms with E-state index in [1.165, 1.54) is 12.8 Å². The van der Waals surface area contributed by atoms with Crippen LogP contribution in [0.2, 0.25) is 0 Å². The number of imidazole rings is 1. The van der Waals surface area contributed by atoms with Gasteiger partial charge in [0.05, 0.1) is 0 Å². The number of rotatable bonds is 6. The van der Waals surface area contributed by atoms with Gasteiger partial charge in [-0.15, -0.1) is 0 Å². The third kappa shape index (κ3) is 2.23. The van der Waals surface area contributed by atoms with E-state index in [-0.39, 0.29) is 0 Å². The van der Waals surface area contributed by atoms with Gasteiger partial charge in [0.15, 0.2) is 12.1 Å². The Bertz CT molecular complexity index is 586. The number of carbonyl (C=O) groups excluding carboxylic acids is 1. The standard InChI is InChI=1S/C15H19N3O/c1-2-3-9-17(12-7-8-12)15-13(11-19)18-10-5-4-6-14(18)16-15/h4-6,10-12H,2-3,7-9H2,1H3. The summed E-state index contributed by atoms with van der Waals surface area (Å²) in [7, 11) is 0. The zero-order valence-corrected chi connectivity index (χ0v) is 11.2. The molecule has 100 valence electrons. The van der Waals surface area contributed by atoms with Crippen molar-refractivity contribution in [3.05, 3.63) is 30.1 Å². The minimum atomic E-state index is 0.579. The zero-order valence-electron chi connectivity index (χ0n) is 11.2. The van der Waals surface area contributed by atoms with Gasteiger partial charge in [-0.1, -0.05) is 19.4 Å². The lowest BCUT2D eigenvalue weighted by Gasteiger charge is -2.22. The first-order valence-electron chi connectivity index (χ1n) is 7.04. The quantitative estimate of drug-likeness (QED) is 0.747. The monoisotopic (exact) mass is 257 g/mol. The van der Waals surface area contributed by atoms with Crippen LogP contribution in [0, 0.1) is 0 Å². The fourth-order valence-electron chi connectivity index (χ4n) is 2.50. The van der Waals surface area contributed by atoms with Gasteiger partial charge in [-0.05, 0) is 31.4 Å². The van der Waals surface area contributed by atoms with Crippen molar-refractivity contribution in [2.75, 3.05) is 11.4 Å². The van der Waals surface area contributed by atoms with Gasteiger partial charge >= 0.3 is 0 Å². The molecule has 1 fully saturated rings. The molecule has 0 unspecified atom stereocenters. The molecule has 2 aromatic rings. The first-order chi connectivity index (χ1) is 9.35. The van der Waals surface area contributed by atoms with E-state index in [0.29, 0.717) is 11.7 Å². The summed E-state index contributed by atoms with van der Waals surface area (Å²) in [6.07, 6.45) is 7.57. The Kier molecular flexibility index (Phi) is 3.23. The molecule has 0 N–H and O–H groups in total. The lowest BCUT2D eigenvalue weighted by atomic mass is 10.3. The number of pyridine rings is 1. The minimum Gasteiger partial charge on any atom is -0.352 e. The zero-order chi connectivity index (χ0) is 13.2. The molecule has 1 aliphatic carbocycles. The van der Waals surface area contributed by atoms with E-state index in [9.17, 15) is 4.79 Å². The van der Waals surface area contributed by atoms with E-state index in [1.54, 1.807) is 0 Å². The van der Waals surface area contributed by atoms with Crippen molar-refractivity contribution in [3.63, 3.8) is 0 Å². The molecule has 19 heavy (non-hydrogen) atoms. The Morgan fingerprint density at radius 3 is 3.00 bits per heavy atom. The van der Waals surface area contributed by atoms with Crippen molar-refractivity contribution in [2.24, 2.45) is 0 Å². The Hall–Kier alpha value is -1.84. The number of hydrogen-bond acceptors (Lipinski definition) is 3. The second kappa shape index (κ2) is 5.03. The number of carbonyl (C=O) groups is 1. The van der Waals surface area contributed by atoms with Crippen LogP contribution in [0.15, 0.2) is 24.4 Å². The molecule has 3 rings (SSSR count). The second-order valence-electron chi connectivity index (χ2n) is 5.15. The van der Waals surface area contributed by atoms with E-state index in [0.717, 1.165) is 37.1 Å². The Labute approximate surface area is 113 Å². The molecule has 4 nitrogen and oxygen atoms in total. The average Bonchev–Trinajstić information content (AvgIpc) is 3.20. The SMILES string of the molecule is CCCCN(c1nc2ccccn2c1C=O)C1CC1. The number of anilines is 1. The fourth-order valence-corrected chi connectivity index (χ4v) is 2.50. The molecule has 0 radical (unpaired) electrons. The van der Waals surface area contributed by atoms with E-state index in [4.69, 9.17) is 0 Å². The molecule has 0 aliphatic heterocycles. The van der Waals surface area contributed by atoms with Gasteiger partial charge in [0.1, 0.15) is 11.3 Å². The van der Waals surface area contributed by atoms with Crippen LogP contribution in [0.1, 0.15) is 43.1 Å². The minimum absolute atomic E-state index is 0.579. The first kappa shape index (κ1) is 12.2. The van der Waals surface area contributed by atoms with E-state index in [2.05, 4.69) is 16.8 Å². The van der Waals surface area contributed by atoms with Gasteiger partial charge in [0.25, 0.3) is 0 Å². The lowest BCUT2D eigenvalue weighted by Crippen LogP contribution is -2.28. The number of nitrogens with zero attached hydrogens (tertiary/aromatic N) is 3. The molecule has 0 spiro atoms. The predicted octanol–water partition coefficient (Wildman–Crippen LogP) is 2.92. The molecule has 0 amide bonds. The van der Waals surface area contributed by atoms with Crippen LogP contribution < -0.4 is 4.90 Å².